The Morgan fingerprint density at radius 2 is 1.64 bits per heavy atom. The maximum atomic E-state index is 2.44. The van der Waals surface area contributed by atoms with Crippen LogP contribution in [-0.2, 0) is 6.42 Å². The quantitative estimate of drug-likeness (QED) is 0.489. The van der Waals surface area contributed by atoms with Crippen LogP contribution in [0.2, 0.25) is 19.1 Å². The molecule has 1 heteroatoms. The third-order valence-electron chi connectivity index (χ3n) is 2.59. The summed E-state index contributed by atoms with van der Waals surface area (Å²) in [5, 5.41) is 0. The monoisotopic (exact) mass is 206 g/mol. The van der Waals surface area contributed by atoms with Gasteiger partial charge in [-0.1, -0.05) is 62.3 Å². The van der Waals surface area contributed by atoms with Crippen LogP contribution in [0.25, 0.3) is 0 Å². The summed E-state index contributed by atoms with van der Waals surface area (Å²) in [6.45, 7) is 4.88. The maximum absolute atomic E-state index is 2.44. The molecule has 78 valence electrons. The molecule has 0 spiro atoms. The molecule has 0 heterocycles. The van der Waals surface area contributed by atoms with Crippen molar-refractivity contribution in [3.63, 3.8) is 0 Å². The first kappa shape index (κ1) is 11.5. The van der Waals surface area contributed by atoms with Crippen LogP contribution in [0.5, 0.6) is 0 Å². The summed E-state index contributed by atoms with van der Waals surface area (Å²) in [5.41, 5.74) is 1.49. The minimum atomic E-state index is -0.287. The van der Waals surface area contributed by atoms with Crippen LogP contribution in [0.4, 0.5) is 0 Å². The number of hydrogen-bond acceptors (Lipinski definition) is 0. The predicted molar refractivity (Wildman–Crippen MR) is 67.7 cm³/mol. The van der Waals surface area contributed by atoms with Gasteiger partial charge in [0, 0.05) is 8.80 Å². The number of unbranched alkanes of at least 4 members (excludes halogenated alkanes) is 2. The summed E-state index contributed by atoms with van der Waals surface area (Å²) in [4.78, 5) is 0. The van der Waals surface area contributed by atoms with Crippen molar-refractivity contribution in [2.24, 2.45) is 0 Å². The summed E-state index contributed by atoms with van der Waals surface area (Å²) in [7, 11) is -0.287. The summed E-state index contributed by atoms with van der Waals surface area (Å²) < 4.78 is 0. The Hall–Kier alpha value is -0.563. The van der Waals surface area contributed by atoms with Gasteiger partial charge in [-0.15, -0.1) is 0 Å². The SMILES string of the molecule is C[SiH](C)CCCCCc1ccccc1. The van der Waals surface area contributed by atoms with Crippen LogP contribution in [0.15, 0.2) is 30.3 Å². The van der Waals surface area contributed by atoms with Gasteiger partial charge in [0.1, 0.15) is 0 Å². The Balaban J connectivity index is 2.05. The normalized spacial score (nSPS) is 10.8. The summed E-state index contributed by atoms with van der Waals surface area (Å²) in [6, 6.07) is 12.4. The molecule has 0 N–H and O–H groups in total. The average Bonchev–Trinajstić information content (AvgIpc) is 2.18. The van der Waals surface area contributed by atoms with Crippen molar-refractivity contribution in [2.75, 3.05) is 0 Å². The highest BCUT2D eigenvalue weighted by Gasteiger charge is 1.96. The van der Waals surface area contributed by atoms with Gasteiger partial charge >= 0.3 is 0 Å². The zero-order valence-electron chi connectivity index (χ0n) is 9.50. The Morgan fingerprint density at radius 1 is 0.929 bits per heavy atom. The average molecular weight is 206 g/mol. The van der Waals surface area contributed by atoms with Gasteiger partial charge in [-0.25, -0.2) is 0 Å². The molecule has 0 aliphatic carbocycles. The molecule has 0 fully saturated rings. The fraction of sp³-hybridized carbons (Fsp3) is 0.538. The molecule has 1 aromatic rings. The number of rotatable bonds is 6. The van der Waals surface area contributed by atoms with E-state index in [2.05, 4.69) is 43.4 Å². The molecule has 0 saturated carbocycles. The Kier molecular flexibility index (Phi) is 5.61. The molecule has 14 heavy (non-hydrogen) atoms. The van der Waals surface area contributed by atoms with Crippen molar-refractivity contribution in [3.05, 3.63) is 35.9 Å². The van der Waals surface area contributed by atoms with E-state index >= 15 is 0 Å². The molecule has 0 radical (unpaired) electrons. The minimum absolute atomic E-state index is 0.287. The maximum Gasteiger partial charge on any atom is 0.0305 e. The minimum Gasteiger partial charge on any atom is -0.0722 e. The fourth-order valence-electron chi connectivity index (χ4n) is 1.70. The second-order valence-corrected chi connectivity index (χ2v) is 7.84. The highest BCUT2D eigenvalue weighted by molar-refractivity contribution is 6.55. The van der Waals surface area contributed by atoms with Gasteiger partial charge in [0.2, 0.25) is 0 Å². The topological polar surface area (TPSA) is 0 Å². The Labute approximate surface area is 90.0 Å². The molecule has 0 aliphatic heterocycles. The highest BCUT2D eigenvalue weighted by Crippen LogP contribution is 2.08. The molecule has 0 nitrogen and oxygen atoms in total. The van der Waals surface area contributed by atoms with Gasteiger partial charge in [-0.2, -0.15) is 0 Å². The van der Waals surface area contributed by atoms with Crippen LogP contribution in [-0.4, -0.2) is 8.80 Å². The van der Waals surface area contributed by atoms with E-state index in [0.29, 0.717) is 0 Å². The molecule has 0 aliphatic rings. The smallest absolute Gasteiger partial charge is 0.0305 e. The van der Waals surface area contributed by atoms with Crippen molar-refractivity contribution >= 4 is 8.80 Å². The molecule has 0 unspecified atom stereocenters. The van der Waals surface area contributed by atoms with Crippen LogP contribution in [0, 0.1) is 0 Å². The van der Waals surface area contributed by atoms with Gasteiger partial charge in [0.05, 0.1) is 0 Å². The number of aryl methyl sites for hydroxylation is 1. The first-order valence-corrected chi connectivity index (χ1v) is 8.95. The van der Waals surface area contributed by atoms with Gasteiger partial charge in [0.15, 0.2) is 0 Å². The van der Waals surface area contributed by atoms with Crippen LogP contribution < -0.4 is 0 Å². The number of benzene rings is 1. The van der Waals surface area contributed by atoms with Gasteiger partial charge in [-0.3, -0.25) is 0 Å². The molecule has 0 bridgehead atoms. The third-order valence-corrected chi connectivity index (χ3v) is 4.15. The fourth-order valence-corrected chi connectivity index (χ4v) is 2.81. The Morgan fingerprint density at radius 3 is 2.29 bits per heavy atom. The van der Waals surface area contributed by atoms with Gasteiger partial charge < -0.3 is 0 Å². The molecule has 0 saturated heterocycles. The van der Waals surface area contributed by atoms with Crippen molar-refractivity contribution < 1.29 is 0 Å². The standard InChI is InChI=1S/C13H22Si/c1-14(2)12-8-4-7-11-13-9-5-3-6-10-13/h3,5-6,9-10,14H,4,7-8,11-12H2,1-2H3. The first-order valence-electron chi connectivity index (χ1n) is 5.83. The third kappa shape index (κ3) is 5.23. The van der Waals surface area contributed by atoms with E-state index < -0.39 is 0 Å². The van der Waals surface area contributed by atoms with Crippen molar-refractivity contribution in [1.29, 1.82) is 0 Å². The summed E-state index contributed by atoms with van der Waals surface area (Å²) in [6.07, 6.45) is 5.50. The van der Waals surface area contributed by atoms with E-state index in [0.717, 1.165) is 0 Å². The number of hydrogen-bond donors (Lipinski definition) is 0. The van der Waals surface area contributed by atoms with Gasteiger partial charge in [-0.05, 0) is 18.4 Å². The molecule has 0 aromatic heterocycles. The summed E-state index contributed by atoms with van der Waals surface area (Å²) in [5.74, 6) is 0. The van der Waals surface area contributed by atoms with Crippen molar-refractivity contribution in [1.82, 2.24) is 0 Å². The second kappa shape index (κ2) is 6.83. The molecule has 1 aromatic carbocycles. The molecule has 0 amide bonds. The van der Waals surface area contributed by atoms with E-state index in [4.69, 9.17) is 0 Å². The van der Waals surface area contributed by atoms with E-state index in [1.807, 2.05) is 0 Å². The first-order chi connectivity index (χ1) is 6.79. The highest BCUT2D eigenvalue weighted by atomic mass is 28.3. The lowest BCUT2D eigenvalue weighted by atomic mass is 10.1. The largest absolute Gasteiger partial charge is 0.0722 e. The molecular weight excluding hydrogens is 184 g/mol. The summed E-state index contributed by atoms with van der Waals surface area (Å²) >= 11 is 0. The van der Waals surface area contributed by atoms with Gasteiger partial charge in [0.25, 0.3) is 0 Å². The zero-order valence-corrected chi connectivity index (χ0v) is 10.7. The lowest BCUT2D eigenvalue weighted by Gasteiger charge is -2.03. The molecular formula is C13H22Si. The van der Waals surface area contributed by atoms with E-state index in [-0.39, 0.29) is 8.80 Å². The van der Waals surface area contributed by atoms with Crippen molar-refractivity contribution in [2.45, 2.75) is 44.8 Å². The van der Waals surface area contributed by atoms with E-state index in [1.165, 1.54) is 37.3 Å². The van der Waals surface area contributed by atoms with Crippen LogP contribution in [0.3, 0.4) is 0 Å². The second-order valence-electron chi connectivity index (χ2n) is 4.48. The lowest BCUT2D eigenvalue weighted by Crippen LogP contribution is -1.98. The molecule has 0 atom stereocenters. The van der Waals surface area contributed by atoms with Crippen molar-refractivity contribution in [3.8, 4) is 0 Å². The zero-order chi connectivity index (χ0) is 10.2. The van der Waals surface area contributed by atoms with Crippen LogP contribution in [0.1, 0.15) is 24.8 Å². The Bertz CT molecular complexity index is 228. The van der Waals surface area contributed by atoms with E-state index in [9.17, 15) is 0 Å². The molecule has 1 rings (SSSR count). The predicted octanol–water partition coefficient (Wildman–Crippen LogP) is 3.89. The lowest BCUT2D eigenvalue weighted by molar-refractivity contribution is 0.714. The van der Waals surface area contributed by atoms with E-state index in [1.54, 1.807) is 0 Å². The van der Waals surface area contributed by atoms with Crippen LogP contribution >= 0.6 is 0 Å².